The van der Waals surface area contributed by atoms with Gasteiger partial charge < -0.3 is 5.32 Å². The van der Waals surface area contributed by atoms with Gasteiger partial charge in [-0.15, -0.1) is 16.4 Å². The molecule has 0 saturated heterocycles. The molecular formula is C10H11BrN4S. The molecule has 0 radical (unpaired) electrons. The summed E-state index contributed by atoms with van der Waals surface area (Å²) >= 11 is 4.91. The van der Waals surface area contributed by atoms with E-state index in [-0.39, 0.29) is 6.04 Å². The molecule has 0 aromatic carbocycles. The van der Waals surface area contributed by atoms with Crippen LogP contribution in [0.5, 0.6) is 0 Å². The van der Waals surface area contributed by atoms with E-state index in [0.717, 1.165) is 15.3 Å². The SMILES string of the molecule is C[C@@H](NCc1ccc(Br)nn1)c1nccs1. The van der Waals surface area contributed by atoms with Gasteiger partial charge in [0.25, 0.3) is 0 Å². The zero-order chi connectivity index (χ0) is 11.4. The second kappa shape index (κ2) is 5.47. The highest BCUT2D eigenvalue weighted by molar-refractivity contribution is 9.10. The van der Waals surface area contributed by atoms with Gasteiger partial charge in [0.1, 0.15) is 9.61 Å². The van der Waals surface area contributed by atoms with E-state index in [0.29, 0.717) is 6.54 Å². The number of nitrogens with one attached hydrogen (secondary N) is 1. The number of hydrogen-bond donors (Lipinski definition) is 1. The van der Waals surface area contributed by atoms with Gasteiger partial charge in [0.2, 0.25) is 0 Å². The zero-order valence-corrected chi connectivity index (χ0v) is 11.1. The van der Waals surface area contributed by atoms with E-state index in [1.165, 1.54) is 0 Å². The van der Waals surface area contributed by atoms with Crippen molar-refractivity contribution in [3.05, 3.63) is 39.0 Å². The summed E-state index contributed by atoms with van der Waals surface area (Å²) in [5.41, 5.74) is 0.923. The Morgan fingerprint density at radius 2 is 2.31 bits per heavy atom. The number of nitrogens with zero attached hydrogens (tertiary/aromatic N) is 3. The van der Waals surface area contributed by atoms with Gasteiger partial charge in [-0.25, -0.2) is 4.98 Å². The van der Waals surface area contributed by atoms with E-state index in [2.05, 4.69) is 43.4 Å². The zero-order valence-electron chi connectivity index (χ0n) is 8.72. The van der Waals surface area contributed by atoms with E-state index in [9.17, 15) is 0 Å². The van der Waals surface area contributed by atoms with Crippen molar-refractivity contribution >= 4 is 27.3 Å². The third-order valence-corrected chi connectivity index (χ3v) is 3.48. The van der Waals surface area contributed by atoms with Crippen molar-refractivity contribution in [2.24, 2.45) is 0 Å². The first-order valence-corrected chi connectivity index (χ1v) is 6.54. The van der Waals surface area contributed by atoms with E-state index < -0.39 is 0 Å². The van der Waals surface area contributed by atoms with Crippen LogP contribution in [0.15, 0.2) is 28.3 Å². The molecule has 4 nitrogen and oxygen atoms in total. The van der Waals surface area contributed by atoms with Crippen LogP contribution < -0.4 is 5.32 Å². The fourth-order valence-corrected chi connectivity index (χ4v) is 2.11. The number of halogens is 1. The maximum absolute atomic E-state index is 4.26. The minimum absolute atomic E-state index is 0.241. The maximum atomic E-state index is 4.26. The molecule has 0 saturated carbocycles. The van der Waals surface area contributed by atoms with Crippen LogP contribution in [0.4, 0.5) is 0 Å². The molecule has 0 aliphatic rings. The van der Waals surface area contributed by atoms with Gasteiger partial charge in [-0.2, -0.15) is 5.10 Å². The largest absolute Gasteiger partial charge is 0.302 e. The summed E-state index contributed by atoms with van der Waals surface area (Å²) in [6, 6.07) is 4.07. The molecular weight excluding hydrogens is 288 g/mol. The van der Waals surface area contributed by atoms with Crippen molar-refractivity contribution in [1.29, 1.82) is 0 Å². The Balaban J connectivity index is 1.90. The molecule has 2 heterocycles. The van der Waals surface area contributed by atoms with Crippen LogP contribution >= 0.6 is 27.3 Å². The number of aromatic nitrogens is 3. The summed E-state index contributed by atoms with van der Waals surface area (Å²) in [4.78, 5) is 4.26. The molecule has 0 aliphatic heterocycles. The molecule has 0 fully saturated rings. The Morgan fingerprint density at radius 1 is 1.44 bits per heavy atom. The highest BCUT2D eigenvalue weighted by atomic mass is 79.9. The van der Waals surface area contributed by atoms with Gasteiger partial charge in [-0.3, -0.25) is 0 Å². The summed E-state index contributed by atoms with van der Waals surface area (Å²) in [5, 5.41) is 14.4. The van der Waals surface area contributed by atoms with Gasteiger partial charge in [-0.1, -0.05) is 0 Å². The number of hydrogen-bond acceptors (Lipinski definition) is 5. The molecule has 0 unspecified atom stereocenters. The summed E-state index contributed by atoms with van der Waals surface area (Å²) < 4.78 is 0.754. The first kappa shape index (κ1) is 11.6. The van der Waals surface area contributed by atoms with Gasteiger partial charge in [0, 0.05) is 18.1 Å². The first-order valence-electron chi connectivity index (χ1n) is 4.86. The Labute approximate surface area is 106 Å². The van der Waals surface area contributed by atoms with Crippen molar-refractivity contribution in [2.75, 3.05) is 0 Å². The van der Waals surface area contributed by atoms with Crippen LogP contribution in [0.3, 0.4) is 0 Å². The Morgan fingerprint density at radius 3 is 2.94 bits per heavy atom. The average Bonchev–Trinajstić information content (AvgIpc) is 2.81. The van der Waals surface area contributed by atoms with E-state index >= 15 is 0 Å². The number of rotatable bonds is 4. The highest BCUT2D eigenvalue weighted by Gasteiger charge is 2.07. The summed E-state index contributed by atoms with van der Waals surface area (Å²) in [6.07, 6.45) is 1.82. The standard InChI is InChI=1S/C10H11BrN4S/c1-7(10-12-4-5-16-10)13-6-8-2-3-9(11)15-14-8/h2-5,7,13H,6H2,1H3/t7-/m1/s1. The first-order chi connectivity index (χ1) is 7.75. The van der Waals surface area contributed by atoms with Crippen molar-refractivity contribution in [2.45, 2.75) is 19.5 Å². The summed E-state index contributed by atoms with van der Waals surface area (Å²) in [6.45, 7) is 2.78. The van der Waals surface area contributed by atoms with Crippen LogP contribution in [0.25, 0.3) is 0 Å². The lowest BCUT2D eigenvalue weighted by Gasteiger charge is -2.09. The van der Waals surface area contributed by atoms with Gasteiger partial charge in [0.05, 0.1) is 11.7 Å². The van der Waals surface area contributed by atoms with Crippen LogP contribution in [0.1, 0.15) is 23.7 Å². The fourth-order valence-electron chi connectivity index (χ4n) is 1.23. The van der Waals surface area contributed by atoms with Gasteiger partial charge in [-0.05, 0) is 35.0 Å². The lowest BCUT2D eigenvalue weighted by molar-refractivity contribution is 0.561. The van der Waals surface area contributed by atoms with Crippen molar-refractivity contribution < 1.29 is 0 Å². The van der Waals surface area contributed by atoms with Crippen molar-refractivity contribution in [1.82, 2.24) is 20.5 Å². The smallest absolute Gasteiger partial charge is 0.128 e. The second-order valence-corrected chi connectivity index (χ2v) is 5.06. The molecule has 6 heteroatoms. The fraction of sp³-hybridized carbons (Fsp3) is 0.300. The molecule has 0 aliphatic carbocycles. The quantitative estimate of drug-likeness (QED) is 0.942. The third-order valence-electron chi connectivity index (χ3n) is 2.10. The normalized spacial score (nSPS) is 12.6. The van der Waals surface area contributed by atoms with Gasteiger partial charge in [0.15, 0.2) is 0 Å². The monoisotopic (exact) mass is 298 g/mol. The van der Waals surface area contributed by atoms with E-state index in [1.54, 1.807) is 11.3 Å². The van der Waals surface area contributed by atoms with Crippen LogP contribution in [0.2, 0.25) is 0 Å². The van der Waals surface area contributed by atoms with Crippen molar-refractivity contribution in [3.8, 4) is 0 Å². The molecule has 0 bridgehead atoms. The summed E-state index contributed by atoms with van der Waals surface area (Å²) in [5.74, 6) is 0. The molecule has 2 aromatic rings. The molecule has 2 aromatic heterocycles. The Kier molecular flexibility index (Phi) is 3.98. The molecule has 16 heavy (non-hydrogen) atoms. The van der Waals surface area contributed by atoms with Gasteiger partial charge >= 0.3 is 0 Å². The Hall–Kier alpha value is -0.850. The predicted octanol–water partition coefficient (Wildman–Crippen LogP) is 2.55. The maximum Gasteiger partial charge on any atom is 0.128 e. The minimum atomic E-state index is 0.241. The lowest BCUT2D eigenvalue weighted by atomic mass is 10.3. The van der Waals surface area contributed by atoms with Crippen LogP contribution in [-0.4, -0.2) is 15.2 Å². The topological polar surface area (TPSA) is 50.7 Å². The molecule has 1 atom stereocenters. The lowest BCUT2D eigenvalue weighted by Crippen LogP contribution is -2.18. The minimum Gasteiger partial charge on any atom is -0.302 e. The van der Waals surface area contributed by atoms with Crippen LogP contribution in [0, 0.1) is 0 Å². The molecule has 0 spiro atoms. The second-order valence-electron chi connectivity index (χ2n) is 3.32. The van der Waals surface area contributed by atoms with Crippen LogP contribution in [-0.2, 0) is 6.54 Å². The molecule has 84 valence electrons. The highest BCUT2D eigenvalue weighted by Crippen LogP contribution is 2.15. The van der Waals surface area contributed by atoms with E-state index in [1.807, 2.05) is 23.7 Å². The Bertz CT molecular complexity index is 429. The van der Waals surface area contributed by atoms with Crippen molar-refractivity contribution in [3.63, 3.8) is 0 Å². The van der Waals surface area contributed by atoms with E-state index in [4.69, 9.17) is 0 Å². The molecule has 2 rings (SSSR count). The molecule has 0 amide bonds. The summed E-state index contributed by atoms with van der Waals surface area (Å²) in [7, 11) is 0. The third kappa shape index (κ3) is 3.07. The molecule has 1 N–H and O–H groups in total. The predicted molar refractivity (Wildman–Crippen MR) is 67.1 cm³/mol. The number of thiazole rings is 1. The average molecular weight is 299 g/mol.